The summed E-state index contributed by atoms with van der Waals surface area (Å²) in [5, 5.41) is 8.81. The number of hydrogen-bond donors (Lipinski definition) is 3. The molecule has 3 aromatic carbocycles. The number of para-hydroxylation sites is 2. The van der Waals surface area contributed by atoms with Gasteiger partial charge in [0.05, 0.1) is 22.7 Å². The fraction of sp³-hybridized carbons (Fsp3) is 0.259. The molecule has 0 bridgehead atoms. The van der Waals surface area contributed by atoms with Crippen molar-refractivity contribution in [3.8, 4) is 0 Å². The van der Waals surface area contributed by atoms with Gasteiger partial charge in [-0.25, -0.2) is 8.42 Å². The summed E-state index contributed by atoms with van der Waals surface area (Å²) in [6.45, 7) is 2.53. The molecule has 1 amide bonds. The molecule has 0 saturated heterocycles. The van der Waals surface area contributed by atoms with E-state index < -0.39 is 22.0 Å². The van der Waals surface area contributed by atoms with Crippen molar-refractivity contribution >= 4 is 51.4 Å². The highest BCUT2D eigenvalue weighted by molar-refractivity contribution is 7.94. The standard InChI is InChI=1S/C27H31FN4O4S2/c1-20-7-13-24(14-8-20)38(35,36)32(26-6-4-3-5-25(26)29-2)23(19-33)17-27(34)31-18-21-9-11-22(12-10-21)30-15-16-37-28/h3-14,19,23,29-30H,15-18H2,1-2H3,(H,31,34). The largest absolute Gasteiger partial charge is 0.386 e. The molecule has 11 heteroatoms. The highest BCUT2D eigenvalue weighted by atomic mass is 32.2. The summed E-state index contributed by atoms with van der Waals surface area (Å²) in [5.41, 5.74) is 3.29. The van der Waals surface area contributed by atoms with Gasteiger partial charge >= 0.3 is 0 Å². The van der Waals surface area contributed by atoms with Crippen LogP contribution in [0.2, 0.25) is 0 Å². The van der Waals surface area contributed by atoms with E-state index in [1.165, 1.54) is 12.1 Å². The van der Waals surface area contributed by atoms with Crippen LogP contribution in [0.5, 0.6) is 0 Å². The van der Waals surface area contributed by atoms with Gasteiger partial charge in [0.1, 0.15) is 12.3 Å². The van der Waals surface area contributed by atoms with E-state index in [2.05, 4.69) is 16.0 Å². The Labute approximate surface area is 227 Å². The average Bonchev–Trinajstić information content (AvgIpc) is 2.92. The summed E-state index contributed by atoms with van der Waals surface area (Å²) >= 11 is 0.266. The van der Waals surface area contributed by atoms with Crippen molar-refractivity contribution in [2.75, 3.05) is 34.3 Å². The maximum Gasteiger partial charge on any atom is 0.265 e. The minimum absolute atomic E-state index is 0.0140. The van der Waals surface area contributed by atoms with E-state index >= 15 is 0 Å². The van der Waals surface area contributed by atoms with E-state index in [0.29, 0.717) is 24.3 Å². The van der Waals surface area contributed by atoms with Gasteiger partial charge in [0.2, 0.25) is 5.91 Å². The third-order valence-corrected chi connectivity index (χ3v) is 8.01. The number of halogens is 1. The number of amides is 1. The van der Waals surface area contributed by atoms with Gasteiger partial charge < -0.3 is 20.7 Å². The third-order valence-electron chi connectivity index (χ3n) is 5.79. The highest BCUT2D eigenvalue weighted by Gasteiger charge is 2.34. The fourth-order valence-electron chi connectivity index (χ4n) is 3.81. The molecule has 0 aliphatic carbocycles. The summed E-state index contributed by atoms with van der Waals surface area (Å²) in [6.07, 6.45) is 0.112. The molecule has 3 N–H and O–H groups in total. The Morgan fingerprint density at radius 3 is 2.37 bits per heavy atom. The van der Waals surface area contributed by atoms with E-state index in [0.717, 1.165) is 21.1 Å². The van der Waals surface area contributed by atoms with Crippen molar-refractivity contribution < 1.29 is 21.9 Å². The van der Waals surface area contributed by atoms with Crippen LogP contribution in [0, 0.1) is 6.92 Å². The monoisotopic (exact) mass is 558 g/mol. The Morgan fingerprint density at radius 2 is 1.74 bits per heavy atom. The molecule has 3 rings (SSSR count). The molecule has 1 unspecified atom stereocenters. The predicted octanol–water partition coefficient (Wildman–Crippen LogP) is 4.54. The van der Waals surface area contributed by atoms with E-state index in [9.17, 15) is 21.9 Å². The number of carbonyl (C=O) groups excluding carboxylic acids is 2. The van der Waals surface area contributed by atoms with Crippen molar-refractivity contribution in [3.05, 3.63) is 83.9 Å². The van der Waals surface area contributed by atoms with Crippen LogP contribution in [-0.2, 0) is 26.2 Å². The molecule has 202 valence electrons. The van der Waals surface area contributed by atoms with Crippen molar-refractivity contribution in [2.24, 2.45) is 0 Å². The number of carbonyl (C=O) groups is 2. The molecule has 0 saturated carbocycles. The van der Waals surface area contributed by atoms with E-state index in [4.69, 9.17) is 0 Å². The smallest absolute Gasteiger partial charge is 0.265 e. The van der Waals surface area contributed by atoms with Gasteiger partial charge in [-0.3, -0.25) is 9.10 Å². The van der Waals surface area contributed by atoms with Gasteiger partial charge in [-0.15, -0.1) is 0 Å². The lowest BCUT2D eigenvalue weighted by atomic mass is 10.1. The number of hydrogen-bond acceptors (Lipinski definition) is 7. The number of nitrogens with one attached hydrogen (secondary N) is 3. The van der Waals surface area contributed by atoms with Crippen LogP contribution in [0.4, 0.5) is 20.9 Å². The minimum Gasteiger partial charge on any atom is -0.386 e. The van der Waals surface area contributed by atoms with Gasteiger partial charge in [0.15, 0.2) is 0 Å². The molecular weight excluding hydrogens is 527 g/mol. The molecule has 0 fully saturated rings. The second-order valence-corrected chi connectivity index (χ2v) is 10.9. The minimum atomic E-state index is -4.19. The van der Waals surface area contributed by atoms with Gasteiger partial charge in [-0.1, -0.05) is 42.0 Å². The van der Waals surface area contributed by atoms with Crippen molar-refractivity contribution in [3.63, 3.8) is 0 Å². The molecule has 1 atom stereocenters. The number of benzene rings is 3. The SMILES string of the molecule is CNc1ccccc1N(C(C=O)CC(=O)NCc1ccc(NCCSF)cc1)S(=O)(=O)c1ccc(C)cc1. The molecule has 0 aliphatic rings. The summed E-state index contributed by atoms with van der Waals surface area (Å²) in [6, 6.07) is 19.0. The molecule has 0 heterocycles. The van der Waals surface area contributed by atoms with Gasteiger partial charge in [0.25, 0.3) is 10.0 Å². The zero-order valence-corrected chi connectivity index (χ0v) is 22.8. The first-order valence-electron chi connectivity index (χ1n) is 12.0. The lowest BCUT2D eigenvalue weighted by molar-refractivity contribution is -0.123. The Hall–Kier alpha value is -3.57. The first-order chi connectivity index (χ1) is 18.3. The zero-order chi connectivity index (χ0) is 27.5. The zero-order valence-electron chi connectivity index (χ0n) is 21.2. The first-order valence-corrected chi connectivity index (χ1v) is 14.3. The summed E-state index contributed by atoms with van der Waals surface area (Å²) in [5.74, 6) is -0.138. The van der Waals surface area contributed by atoms with E-state index in [1.54, 1.807) is 43.4 Å². The number of sulfonamides is 1. The first kappa shape index (κ1) is 29.0. The maximum atomic E-state index is 13.8. The Morgan fingerprint density at radius 1 is 1.05 bits per heavy atom. The van der Waals surface area contributed by atoms with Crippen LogP contribution >= 0.6 is 12.1 Å². The molecule has 0 spiro atoms. The molecule has 8 nitrogen and oxygen atoms in total. The Balaban J connectivity index is 1.80. The number of nitrogens with zero attached hydrogens (tertiary/aromatic N) is 1. The van der Waals surface area contributed by atoms with Crippen LogP contribution in [0.25, 0.3) is 0 Å². The number of aldehydes is 1. The van der Waals surface area contributed by atoms with E-state index in [-0.39, 0.29) is 35.7 Å². The third kappa shape index (κ3) is 7.48. The molecular formula is C27H31FN4O4S2. The van der Waals surface area contributed by atoms with Crippen molar-refractivity contribution in [2.45, 2.75) is 30.8 Å². The second kappa shape index (κ2) is 13.8. The normalized spacial score (nSPS) is 11.9. The summed E-state index contributed by atoms with van der Waals surface area (Å²) in [7, 11) is -2.54. The van der Waals surface area contributed by atoms with Crippen LogP contribution in [-0.4, -0.2) is 46.0 Å². The van der Waals surface area contributed by atoms with Crippen LogP contribution < -0.4 is 20.3 Å². The lowest BCUT2D eigenvalue weighted by Crippen LogP contribution is -2.44. The van der Waals surface area contributed by atoms with Crippen molar-refractivity contribution in [1.29, 1.82) is 0 Å². The van der Waals surface area contributed by atoms with Crippen LogP contribution in [0.15, 0.2) is 77.7 Å². The quantitative estimate of drug-likeness (QED) is 0.197. The second-order valence-electron chi connectivity index (χ2n) is 8.50. The highest BCUT2D eigenvalue weighted by Crippen LogP contribution is 2.33. The van der Waals surface area contributed by atoms with Crippen LogP contribution in [0.1, 0.15) is 17.5 Å². The molecule has 3 aromatic rings. The molecule has 38 heavy (non-hydrogen) atoms. The van der Waals surface area contributed by atoms with Gasteiger partial charge in [-0.05, 0) is 48.9 Å². The Kier molecular flexibility index (Phi) is 10.5. The fourth-order valence-corrected chi connectivity index (χ4v) is 5.60. The maximum absolute atomic E-state index is 13.8. The Bertz CT molecular complexity index is 1320. The molecule has 0 aliphatic heterocycles. The number of anilines is 3. The van der Waals surface area contributed by atoms with Crippen molar-refractivity contribution in [1.82, 2.24) is 5.32 Å². The lowest BCUT2D eigenvalue weighted by Gasteiger charge is -2.31. The molecule has 0 radical (unpaired) electrons. The number of aryl methyl sites for hydroxylation is 1. The van der Waals surface area contributed by atoms with Gasteiger partial charge in [-0.2, -0.15) is 3.89 Å². The predicted molar refractivity (Wildman–Crippen MR) is 152 cm³/mol. The van der Waals surface area contributed by atoms with Gasteiger partial charge in [0, 0.05) is 43.7 Å². The number of rotatable bonds is 14. The van der Waals surface area contributed by atoms with Crippen LogP contribution in [0.3, 0.4) is 0 Å². The van der Waals surface area contributed by atoms with E-state index in [1.807, 2.05) is 31.2 Å². The summed E-state index contributed by atoms with van der Waals surface area (Å²) in [4.78, 5) is 25.2. The topological polar surface area (TPSA) is 108 Å². The average molecular weight is 559 g/mol. The molecule has 0 aromatic heterocycles. The summed E-state index contributed by atoms with van der Waals surface area (Å²) < 4.78 is 40.7.